The van der Waals surface area contributed by atoms with Crippen molar-refractivity contribution < 1.29 is 9.53 Å². The van der Waals surface area contributed by atoms with Gasteiger partial charge in [-0.1, -0.05) is 13.8 Å². The van der Waals surface area contributed by atoms with Crippen LogP contribution in [0.5, 0.6) is 0 Å². The van der Waals surface area contributed by atoms with Crippen molar-refractivity contribution in [2.24, 2.45) is 34.5 Å². The number of hydrogen-bond acceptors (Lipinski definition) is 2. The van der Waals surface area contributed by atoms with Crippen LogP contribution in [0.15, 0.2) is 0 Å². The highest BCUT2D eigenvalue weighted by molar-refractivity contribution is 5.87. The van der Waals surface area contributed by atoms with Gasteiger partial charge in [0.25, 0.3) is 0 Å². The molecule has 21 heavy (non-hydrogen) atoms. The van der Waals surface area contributed by atoms with Crippen molar-refractivity contribution in [1.29, 1.82) is 0 Å². The number of hydrogen-bond donors (Lipinski definition) is 0. The first-order valence-electron chi connectivity index (χ1n) is 9.21. The standard InChI is InChI=1S/C19H28O2/c1-18-8-7-14-12(13(18)5-6-17(18)20)4-3-11-9-15-16(21-15)10-19(11,14)2/h11-16H,3-10H2,1-2H3/t11-,12-,13-,14-,15-,16+,18-,19-/m0/s1. The van der Waals surface area contributed by atoms with Crippen molar-refractivity contribution in [3.8, 4) is 0 Å². The molecule has 5 fully saturated rings. The maximum atomic E-state index is 12.4. The zero-order valence-corrected chi connectivity index (χ0v) is 13.4. The third kappa shape index (κ3) is 1.56. The topological polar surface area (TPSA) is 29.6 Å². The van der Waals surface area contributed by atoms with E-state index in [-0.39, 0.29) is 5.41 Å². The fraction of sp³-hybridized carbons (Fsp3) is 0.947. The first-order valence-corrected chi connectivity index (χ1v) is 9.21. The quantitative estimate of drug-likeness (QED) is 0.631. The largest absolute Gasteiger partial charge is 0.370 e. The van der Waals surface area contributed by atoms with E-state index in [4.69, 9.17) is 4.74 Å². The van der Waals surface area contributed by atoms with E-state index in [2.05, 4.69) is 13.8 Å². The number of carbonyl (C=O) groups is 1. The Morgan fingerprint density at radius 1 is 1.05 bits per heavy atom. The molecule has 0 aromatic heterocycles. The molecule has 0 spiro atoms. The van der Waals surface area contributed by atoms with E-state index < -0.39 is 0 Å². The molecule has 8 atom stereocenters. The Bertz CT molecular complexity index is 500. The van der Waals surface area contributed by atoms with Crippen molar-refractivity contribution in [3.05, 3.63) is 0 Å². The van der Waals surface area contributed by atoms with Gasteiger partial charge >= 0.3 is 0 Å². The molecule has 1 saturated heterocycles. The summed E-state index contributed by atoms with van der Waals surface area (Å²) in [5.41, 5.74) is 0.547. The molecular formula is C19H28O2. The SMILES string of the molecule is C[C@]12C[C@H]3O[C@H]3C[C@@H]1CC[C@@H]1[C@@H]2CC[C@]2(C)C(=O)CC[C@@H]12. The fourth-order valence-electron chi connectivity index (χ4n) is 7.29. The normalized spacial score (nSPS) is 61.5. The molecule has 5 rings (SSSR count). The molecule has 0 N–H and O–H groups in total. The molecule has 116 valence electrons. The number of Topliss-reactive ketones (excluding diaryl/α,β-unsaturated/α-hetero) is 1. The number of ether oxygens (including phenoxy) is 1. The van der Waals surface area contributed by atoms with Gasteiger partial charge in [-0.05, 0) is 74.0 Å². The van der Waals surface area contributed by atoms with Crippen molar-refractivity contribution in [2.45, 2.75) is 77.4 Å². The Kier molecular flexibility index (Phi) is 2.45. The Labute approximate surface area is 128 Å². The van der Waals surface area contributed by atoms with Crippen LogP contribution in [0, 0.1) is 34.5 Å². The predicted molar refractivity (Wildman–Crippen MR) is 80.8 cm³/mol. The van der Waals surface area contributed by atoms with Crippen LogP contribution in [-0.4, -0.2) is 18.0 Å². The number of carbonyl (C=O) groups excluding carboxylic acids is 1. The van der Waals surface area contributed by atoms with E-state index in [0.717, 1.165) is 30.6 Å². The second-order valence-corrected chi connectivity index (χ2v) is 9.23. The summed E-state index contributed by atoms with van der Waals surface area (Å²) in [6.45, 7) is 4.87. The monoisotopic (exact) mass is 288 g/mol. The van der Waals surface area contributed by atoms with Gasteiger partial charge in [-0.3, -0.25) is 4.79 Å². The van der Waals surface area contributed by atoms with Crippen LogP contribution in [0.2, 0.25) is 0 Å². The molecule has 4 saturated carbocycles. The molecule has 0 bridgehead atoms. The highest BCUT2D eigenvalue weighted by atomic mass is 16.6. The maximum Gasteiger partial charge on any atom is 0.139 e. The average Bonchev–Trinajstić information content (AvgIpc) is 3.12. The minimum atomic E-state index is 0.0393. The van der Waals surface area contributed by atoms with Crippen LogP contribution in [0.1, 0.15) is 65.2 Å². The van der Waals surface area contributed by atoms with Gasteiger partial charge in [0.2, 0.25) is 0 Å². The molecule has 1 heterocycles. The van der Waals surface area contributed by atoms with Gasteiger partial charge in [0, 0.05) is 11.8 Å². The smallest absolute Gasteiger partial charge is 0.139 e. The van der Waals surface area contributed by atoms with Gasteiger partial charge in [0.1, 0.15) is 5.78 Å². The van der Waals surface area contributed by atoms with E-state index in [1.54, 1.807) is 0 Å². The summed E-state index contributed by atoms with van der Waals surface area (Å²) < 4.78 is 5.88. The highest BCUT2D eigenvalue weighted by Crippen LogP contribution is 2.67. The van der Waals surface area contributed by atoms with E-state index in [0.29, 0.717) is 29.3 Å². The van der Waals surface area contributed by atoms with E-state index >= 15 is 0 Å². The van der Waals surface area contributed by atoms with Crippen LogP contribution >= 0.6 is 0 Å². The Morgan fingerprint density at radius 2 is 1.90 bits per heavy atom. The number of rotatable bonds is 0. The lowest BCUT2D eigenvalue weighted by Crippen LogP contribution is -2.53. The summed E-state index contributed by atoms with van der Waals surface area (Å²) in [7, 11) is 0. The second-order valence-electron chi connectivity index (χ2n) is 9.23. The second kappa shape index (κ2) is 3.93. The molecule has 0 aromatic carbocycles. The molecule has 1 aliphatic heterocycles. The molecule has 4 aliphatic carbocycles. The van der Waals surface area contributed by atoms with Gasteiger partial charge in [-0.2, -0.15) is 0 Å². The lowest BCUT2D eigenvalue weighted by molar-refractivity contribution is -0.137. The lowest BCUT2D eigenvalue weighted by Gasteiger charge is -2.59. The zero-order valence-electron chi connectivity index (χ0n) is 13.4. The Hall–Kier alpha value is -0.370. The third-order valence-electron chi connectivity index (χ3n) is 8.62. The predicted octanol–water partition coefficient (Wildman–Crippen LogP) is 3.98. The van der Waals surface area contributed by atoms with Gasteiger partial charge in [-0.15, -0.1) is 0 Å². The molecule has 2 heteroatoms. The summed E-state index contributed by atoms with van der Waals surface area (Å²) in [6, 6.07) is 0. The Morgan fingerprint density at radius 3 is 2.76 bits per heavy atom. The average molecular weight is 288 g/mol. The van der Waals surface area contributed by atoms with Gasteiger partial charge in [-0.25, -0.2) is 0 Å². The molecule has 0 radical (unpaired) electrons. The van der Waals surface area contributed by atoms with Crippen molar-refractivity contribution in [1.82, 2.24) is 0 Å². The lowest BCUT2D eigenvalue weighted by atomic mass is 9.45. The van der Waals surface area contributed by atoms with Gasteiger partial charge < -0.3 is 4.74 Å². The van der Waals surface area contributed by atoms with Crippen molar-refractivity contribution >= 4 is 5.78 Å². The maximum absolute atomic E-state index is 12.4. The first kappa shape index (κ1) is 13.1. The van der Waals surface area contributed by atoms with Crippen LogP contribution in [-0.2, 0) is 9.53 Å². The van der Waals surface area contributed by atoms with E-state index in [1.807, 2.05) is 0 Å². The first-order chi connectivity index (χ1) is 10.0. The van der Waals surface area contributed by atoms with Crippen LogP contribution in [0.3, 0.4) is 0 Å². The minimum absolute atomic E-state index is 0.0393. The van der Waals surface area contributed by atoms with Crippen LogP contribution in [0.25, 0.3) is 0 Å². The van der Waals surface area contributed by atoms with E-state index in [9.17, 15) is 4.79 Å². The highest BCUT2D eigenvalue weighted by Gasteiger charge is 2.63. The molecule has 0 unspecified atom stereocenters. The van der Waals surface area contributed by atoms with Crippen LogP contribution < -0.4 is 0 Å². The summed E-state index contributed by atoms with van der Waals surface area (Å²) in [4.78, 5) is 12.4. The zero-order chi connectivity index (χ0) is 14.4. The number of epoxide rings is 1. The molecule has 2 nitrogen and oxygen atoms in total. The molecule has 0 aromatic rings. The van der Waals surface area contributed by atoms with Crippen molar-refractivity contribution in [3.63, 3.8) is 0 Å². The van der Waals surface area contributed by atoms with Crippen LogP contribution in [0.4, 0.5) is 0 Å². The third-order valence-corrected chi connectivity index (χ3v) is 8.62. The Balaban J connectivity index is 1.49. The molecule has 5 aliphatic rings. The fourth-order valence-corrected chi connectivity index (χ4v) is 7.29. The molecular weight excluding hydrogens is 260 g/mol. The van der Waals surface area contributed by atoms with E-state index in [1.165, 1.54) is 38.5 Å². The van der Waals surface area contributed by atoms with Gasteiger partial charge in [0.15, 0.2) is 0 Å². The van der Waals surface area contributed by atoms with Gasteiger partial charge in [0.05, 0.1) is 12.2 Å². The summed E-state index contributed by atoms with van der Waals surface area (Å²) in [5, 5.41) is 0. The number of fused-ring (bicyclic) bond motifs is 6. The number of ketones is 1. The summed E-state index contributed by atoms with van der Waals surface area (Å²) >= 11 is 0. The minimum Gasteiger partial charge on any atom is -0.370 e. The summed E-state index contributed by atoms with van der Waals surface area (Å²) in [6.07, 6.45) is 11.1. The summed E-state index contributed by atoms with van der Waals surface area (Å²) in [5.74, 6) is 3.85. The van der Waals surface area contributed by atoms with Crippen molar-refractivity contribution in [2.75, 3.05) is 0 Å². The molecule has 0 amide bonds.